The van der Waals surface area contributed by atoms with Crippen molar-refractivity contribution in [1.29, 1.82) is 0 Å². The fourth-order valence-corrected chi connectivity index (χ4v) is 5.39. The molecule has 0 aromatic carbocycles. The van der Waals surface area contributed by atoms with Crippen molar-refractivity contribution >= 4 is 17.7 Å². The Labute approximate surface area is 136 Å². The Hall–Kier alpha value is -0.720. The van der Waals surface area contributed by atoms with Gasteiger partial charge >= 0.3 is 0 Å². The Balaban J connectivity index is 1.51. The standard InChI is InChI=1S/C16H27N3O2S/c1-9-14(8-19-7-13(10(2)20)16(9)19)22-12-4-11(18-6-12)5-15(21)17-3/h8-13,16,18,20H,4-7H2,1-3H3,(H,17,21)/t9-,10?,11-,12-,13+,16+/m0/s1. The molecule has 5 nitrogen and oxygen atoms in total. The Bertz CT molecular complexity index is 468. The summed E-state index contributed by atoms with van der Waals surface area (Å²) in [5.41, 5.74) is 0. The van der Waals surface area contributed by atoms with Crippen LogP contribution in [-0.2, 0) is 4.79 Å². The van der Waals surface area contributed by atoms with E-state index in [-0.39, 0.29) is 12.0 Å². The zero-order chi connectivity index (χ0) is 15.9. The van der Waals surface area contributed by atoms with Gasteiger partial charge in [-0.05, 0) is 13.3 Å². The number of hydrogen-bond donors (Lipinski definition) is 3. The van der Waals surface area contributed by atoms with Gasteiger partial charge in [0.05, 0.1) is 6.10 Å². The molecule has 0 aromatic rings. The largest absolute Gasteiger partial charge is 0.393 e. The normalized spacial score (nSPS) is 38.3. The van der Waals surface area contributed by atoms with Crippen LogP contribution in [0.3, 0.4) is 0 Å². The summed E-state index contributed by atoms with van der Waals surface area (Å²) in [6.45, 7) is 6.15. The first-order valence-electron chi connectivity index (χ1n) is 8.25. The zero-order valence-corrected chi connectivity index (χ0v) is 14.4. The molecule has 0 aromatic heterocycles. The van der Waals surface area contributed by atoms with Crippen molar-refractivity contribution in [3.63, 3.8) is 0 Å². The average Bonchev–Trinajstić information content (AvgIpc) is 2.95. The lowest BCUT2D eigenvalue weighted by Gasteiger charge is -2.48. The number of aliphatic hydroxyl groups excluding tert-OH is 1. The summed E-state index contributed by atoms with van der Waals surface area (Å²) >= 11 is 1.97. The van der Waals surface area contributed by atoms with Gasteiger partial charge in [0.1, 0.15) is 0 Å². The van der Waals surface area contributed by atoms with E-state index in [2.05, 4.69) is 28.7 Å². The van der Waals surface area contributed by atoms with Crippen molar-refractivity contribution < 1.29 is 9.90 Å². The van der Waals surface area contributed by atoms with E-state index in [0.717, 1.165) is 19.5 Å². The summed E-state index contributed by atoms with van der Waals surface area (Å²) in [6, 6.07) is 0.788. The Morgan fingerprint density at radius 3 is 3.09 bits per heavy atom. The number of amides is 1. The van der Waals surface area contributed by atoms with Crippen LogP contribution in [0.5, 0.6) is 0 Å². The third-order valence-electron chi connectivity index (χ3n) is 5.31. The van der Waals surface area contributed by atoms with Gasteiger partial charge < -0.3 is 20.6 Å². The number of hydrogen-bond acceptors (Lipinski definition) is 5. The van der Waals surface area contributed by atoms with Crippen LogP contribution in [0.15, 0.2) is 11.1 Å². The first kappa shape index (κ1) is 16.1. The van der Waals surface area contributed by atoms with E-state index in [1.165, 1.54) is 4.91 Å². The summed E-state index contributed by atoms with van der Waals surface area (Å²) in [5, 5.41) is 16.6. The number of aliphatic hydroxyl groups is 1. The molecule has 3 aliphatic rings. The molecule has 0 radical (unpaired) electrons. The second-order valence-corrected chi connectivity index (χ2v) is 8.24. The van der Waals surface area contributed by atoms with E-state index in [1.807, 2.05) is 18.7 Å². The minimum absolute atomic E-state index is 0.112. The summed E-state index contributed by atoms with van der Waals surface area (Å²) in [7, 11) is 1.69. The number of nitrogens with zero attached hydrogens (tertiary/aromatic N) is 1. The van der Waals surface area contributed by atoms with Gasteiger partial charge in [-0.3, -0.25) is 4.79 Å². The van der Waals surface area contributed by atoms with Gasteiger partial charge in [-0.25, -0.2) is 0 Å². The van der Waals surface area contributed by atoms with Crippen LogP contribution in [-0.4, -0.2) is 59.5 Å². The fraction of sp³-hybridized carbons (Fsp3) is 0.812. The molecule has 0 bridgehead atoms. The summed E-state index contributed by atoms with van der Waals surface area (Å²) in [5.74, 6) is 1.03. The highest BCUT2D eigenvalue weighted by Crippen LogP contribution is 2.47. The molecule has 3 aliphatic heterocycles. The molecule has 6 heteroatoms. The zero-order valence-electron chi connectivity index (χ0n) is 13.6. The monoisotopic (exact) mass is 325 g/mol. The SMILES string of the molecule is CNC(=O)C[C@@H]1C[C@H](SC2=CN3C[C@H](C(C)O)[C@H]3[C@H]2C)CN1. The minimum atomic E-state index is -0.216. The predicted molar refractivity (Wildman–Crippen MR) is 89.4 cm³/mol. The van der Waals surface area contributed by atoms with Crippen molar-refractivity contribution in [1.82, 2.24) is 15.5 Å². The van der Waals surface area contributed by atoms with Crippen molar-refractivity contribution in [2.24, 2.45) is 11.8 Å². The van der Waals surface area contributed by atoms with Crippen LogP contribution in [0, 0.1) is 11.8 Å². The quantitative estimate of drug-likeness (QED) is 0.696. The number of rotatable bonds is 5. The molecule has 1 unspecified atom stereocenters. The van der Waals surface area contributed by atoms with Crippen molar-refractivity contribution in [3.8, 4) is 0 Å². The molecule has 3 N–H and O–H groups in total. The van der Waals surface area contributed by atoms with Crippen molar-refractivity contribution in [2.75, 3.05) is 20.1 Å². The van der Waals surface area contributed by atoms with Crippen LogP contribution < -0.4 is 10.6 Å². The molecular formula is C16H27N3O2S. The van der Waals surface area contributed by atoms with E-state index in [9.17, 15) is 9.90 Å². The second-order valence-electron chi connectivity index (χ2n) is 6.87. The Kier molecular flexibility index (Phi) is 4.71. The van der Waals surface area contributed by atoms with E-state index in [4.69, 9.17) is 0 Å². The predicted octanol–water partition coefficient (Wildman–Crippen LogP) is 0.759. The lowest BCUT2D eigenvalue weighted by atomic mass is 9.80. The molecule has 1 amide bonds. The molecule has 2 saturated heterocycles. The highest BCUT2D eigenvalue weighted by Gasteiger charge is 2.48. The number of carbonyl (C=O) groups is 1. The molecule has 3 heterocycles. The fourth-order valence-electron chi connectivity index (χ4n) is 3.95. The number of fused-ring (bicyclic) bond motifs is 1. The van der Waals surface area contributed by atoms with Crippen molar-refractivity contribution in [2.45, 2.75) is 50.1 Å². The molecule has 22 heavy (non-hydrogen) atoms. The average molecular weight is 325 g/mol. The third-order valence-corrected chi connectivity index (χ3v) is 6.75. The third kappa shape index (κ3) is 3.01. The van der Waals surface area contributed by atoms with Gasteiger partial charge in [0.2, 0.25) is 5.91 Å². The first-order valence-corrected chi connectivity index (χ1v) is 9.13. The maximum atomic E-state index is 11.5. The maximum absolute atomic E-state index is 11.5. The molecule has 0 aliphatic carbocycles. The Morgan fingerprint density at radius 1 is 1.64 bits per heavy atom. The smallest absolute Gasteiger partial charge is 0.221 e. The number of nitrogens with one attached hydrogen (secondary N) is 2. The van der Waals surface area contributed by atoms with Gasteiger partial charge in [0.15, 0.2) is 0 Å². The summed E-state index contributed by atoms with van der Waals surface area (Å²) in [6.07, 6.45) is 3.70. The lowest BCUT2D eigenvalue weighted by molar-refractivity contribution is -0.121. The molecule has 0 saturated carbocycles. The van der Waals surface area contributed by atoms with Gasteiger partial charge in [-0.1, -0.05) is 6.92 Å². The molecule has 6 atom stereocenters. The number of carbonyl (C=O) groups excluding carboxylic acids is 1. The molecule has 0 spiro atoms. The van der Waals surface area contributed by atoms with Crippen molar-refractivity contribution in [3.05, 3.63) is 11.1 Å². The molecular weight excluding hydrogens is 298 g/mol. The van der Waals surface area contributed by atoms with E-state index >= 15 is 0 Å². The molecule has 3 rings (SSSR count). The van der Waals surface area contributed by atoms with Crippen LogP contribution in [0.1, 0.15) is 26.7 Å². The van der Waals surface area contributed by atoms with E-state index in [1.54, 1.807) is 7.05 Å². The Morgan fingerprint density at radius 2 is 2.41 bits per heavy atom. The van der Waals surface area contributed by atoms with Crippen LogP contribution in [0.25, 0.3) is 0 Å². The van der Waals surface area contributed by atoms with Gasteiger partial charge in [-0.2, -0.15) is 0 Å². The topological polar surface area (TPSA) is 64.6 Å². The molecule has 2 fully saturated rings. The summed E-state index contributed by atoms with van der Waals surface area (Å²) < 4.78 is 0. The highest BCUT2D eigenvalue weighted by molar-refractivity contribution is 8.03. The maximum Gasteiger partial charge on any atom is 0.221 e. The second kappa shape index (κ2) is 6.42. The molecule has 124 valence electrons. The van der Waals surface area contributed by atoms with Gasteiger partial charge in [0.25, 0.3) is 0 Å². The summed E-state index contributed by atoms with van der Waals surface area (Å²) in [4.78, 5) is 15.3. The van der Waals surface area contributed by atoms with E-state index < -0.39 is 0 Å². The van der Waals surface area contributed by atoms with Crippen LogP contribution >= 0.6 is 11.8 Å². The number of thioether (sulfide) groups is 1. The van der Waals surface area contributed by atoms with Crippen LogP contribution in [0.4, 0.5) is 0 Å². The minimum Gasteiger partial charge on any atom is -0.393 e. The first-order chi connectivity index (χ1) is 10.5. The van der Waals surface area contributed by atoms with E-state index in [0.29, 0.717) is 35.6 Å². The van der Waals surface area contributed by atoms with Crippen LogP contribution in [0.2, 0.25) is 0 Å². The van der Waals surface area contributed by atoms with Gasteiger partial charge in [0, 0.05) is 66.8 Å². The lowest BCUT2D eigenvalue weighted by Crippen LogP contribution is -2.57. The van der Waals surface area contributed by atoms with Gasteiger partial charge in [-0.15, -0.1) is 11.8 Å². The highest BCUT2D eigenvalue weighted by atomic mass is 32.2.